The summed E-state index contributed by atoms with van der Waals surface area (Å²) in [5, 5.41) is 8.87. The van der Waals surface area contributed by atoms with E-state index < -0.39 is 33.2 Å². The summed E-state index contributed by atoms with van der Waals surface area (Å²) in [6.07, 6.45) is 2.35. The number of carbonyl (C=O) groups is 1. The summed E-state index contributed by atoms with van der Waals surface area (Å²) in [6, 6.07) is 15.3. The zero-order chi connectivity index (χ0) is 25.3. The molecule has 0 aliphatic rings. The minimum absolute atomic E-state index is 0.00731. The molecule has 1 heterocycles. The van der Waals surface area contributed by atoms with Crippen LogP contribution >= 0.6 is 0 Å². The smallest absolute Gasteiger partial charge is 0.328 e. The normalized spacial score (nSPS) is 12.1. The Morgan fingerprint density at radius 3 is 2.34 bits per heavy atom. The number of nitrogens with zero attached hydrogens (tertiary/aromatic N) is 1. The summed E-state index contributed by atoms with van der Waals surface area (Å²) in [4.78, 5) is 36.7. The zero-order valence-electron chi connectivity index (χ0n) is 18.7. The number of aromatic nitrogens is 2. The third-order valence-corrected chi connectivity index (χ3v) is 6.63. The lowest BCUT2D eigenvalue weighted by Crippen LogP contribution is -2.38. The van der Waals surface area contributed by atoms with Crippen molar-refractivity contribution in [2.45, 2.75) is 43.2 Å². The van der Waals surface area contributed by atoms with Crippen molar-refractivity contribution in [2.75, 3.05) is 0 Å². The fourth-order valence-electron chi connectivity index (χ4n) is 3.36. The van der Waals surface area contributed by atoms with Gasteiger partial charge in [0.05, 0.1) is 4.90 Å². The van der Waals surface area contributed by atoms with Gasteiger partial charge in [0, 0.05) is 31.3 Å². The molecule has 1 aromatic heterocycles. The molecule has 186 valence electrons. The Morgan fingerprint density at radius 1 is 1.00 bits per heavy atom. The molecule has 0 spiro atoms. The number of ether oxygens (including phenoxy) is 1. The highest BCUT2D eigenvalue weighted by atomic mass is 32.2. The van der Waals surface area contributed by atoms with Gasteiger partial charge in [-0.05, 0) is 49.2 Å². The third-order valence-electron chi connectivity index (χ3n) is 5.09. The maximum Gasteiger partial charge on any atom is 0.328 e. The van der Waals surface area contributed by atoms with Crippen LogP contribution in [0, 0.1) is 0 Å². The van der Waals surface area contributed by atoms with Gasteiger partial charge in [-0.1, -0.05) is 24.6 Å². The molecule has 12 heteroatoms. The van der Waals surface area contributed by atoms with Gasteiger partial charge >= 0.3 is 5.69 Å². The van der Waals surface area contributed by atoms with Crippen molar-refractivity contribution < 1.29 is 23.2 Å². The molecule has 3 aromatic rings. The molecular weight excluding hydrogens is 476 g/mol. The lowest BCUT2D eigenvalue weighted by atomic mass is 10.1. The van der Waals surface area contributed by atoms with Crippen LogP contribution in [0.25, 0.3) is 0 Å². The van der Waals surface area contributed by atoms with Crippen LogP contribution in [0.5, 0.6) is 11.5 Å². The number of hydrogen-bond donors (Lipinski definition) is 4. The molecular formula is C23H26N4O7S. The second kappa shape index (κ2) is 12.1. The van der Waals surface area contributed by atoms with Crippen LogP contribution in [0.3, 0.4) is 0 Å². The average molecular weight is 503 g/mol. The van der Waals surface area contributed by atoms with Gasteiger partial charge in [0.2, 0.25) is 15.9 Å². The molecule has 0 aliphatic carbocycles. The van der Waals surface area contributed by atoms with Crippen LogP contribution in [-0.2, 0) is 21.4 Å². The van der Waals surface area contributed by atoms with Gasteiger partial charge in [-0.15, -0.1) is 0 Å². The number of benzene rings is 2. The number of unbranched alkanes of at least 4 members (excludes halogenated alkanes) is 1. The summed E-state index contributed by atoms with van der Waals surface area (Å²) in [7, 11) is -3.97. The number of rotatable bonds is 12. The maximum atomic E-state index is 12.9. The number of carbonyl (C=O) groups excluding carboxylic acids is 1. The van der Waals surface area contributed by atoms with Crippen molar-refractivity contribution in [2.24, 2.45) is 0 Å². The molecule has 0 saturated carbocycles. The van der Waals surface area contributed by atoms with Crippen molar-refractivity contribution in [3.63, 3.8) is 0 Å². The van der Waals surface area contributed by atoms with Crippen molar-refractivity contribution in [1.29, 1.82) is 0 Å². The van der Waals surface area contributed by atoms with E-state index in [1.165, 1.54) is 46.6 Å². The fraction of sp³-hybridized carbons (Fsp3) is 0.261. The fourth-order valence-corrected chi connectivity index (χ4v) is 4.63. The molecule has 11 nitrogen and oxygen atoms in total. The van der Waals surface area contributed by atoms with E-state index in [0.717, 1.165) is 0 Å². The number of para-hydroxylation sites is 1. The number of H-pyrrole nitrogens is 1. The van der Waals surface area contributed by atoms with Crippen molar-refractivity contribution >= 4 is 15.9 Å². The highest BCUT2D eigenvalue weighted by molar-refractivity contribution is 7.89. The quantitative estimate of drug-likeness (QED) is 0.167. The lowest BCUT2D eigenvalue weighted by molar-refractivity contribution is -0.129. The van der Waals surface area contributed by atoms with Crippen molar-refractivity contribution in [3.8, 4) is 11.5 Å². The standard InChI is InChI=1S/C23H26N4O7S/c28-21-13-15-27(23(30)24-21)14-5-4-6-17(16-22(29)25-31)26-35(32,33)20-11-9-19(10-12-20)34-18-7-2-1-3-8-18/h1-3,7-13,15,17,26,31H,4-6,14,16H2,(H,25,29)(H,24,28,30). The van der Waals surface area contributed by atoms with Gasteiger partial charge < -0.3 is 9.30 Å². The van der Waals surface area contributed by atoms with Gasteiger partial charge in [-0.25, -0.2) is 23.4 Å². The minimum Gasteiger partial charge on any atom is -0.457 e. The molecule has 0 aliphatic heterocycles. The van der Waals surface area contributed by atoms with E-state index in [9.17, 15) is 22.8 Å². The van der Waals surface area contributed by atoms with E-state index in [-0.39, 0.29) is 17.7 Å². The highest BCUT2D eigenvalue weighted by Gasteiger charge is 2.22. The Labute approximate surface area is 201 Å². The van der Waals surface area contributed by atoms with Crippen molar-refractivity contribution in [1.82, 2.24) is 19.8 Å². The van der Waals surface area contributed by atoms with Crippen LogP contribution in [0.2, 0.25) is 0 Å². The molecule has 35 heavy (non-hydrogen) atoms. The van der Waals surface area contributed by atoms with Gasteiger partial charge in [-0.2, -0.15) is 0 Å². The lowest BCUT2D eigenvalue weighted by Gasteiger charge is -2.18. The van der Waals surface area contributed by atoms with Gasteiger partial charge in [0.25, 0.3) is 5.56 Å². The molecule has 3 rings (SSSR count). The Hall–Kier alpha value is -3.74. The first-order chi connectivity index (χ1) is 16.8. The molecule has 0 fully saturated rings. The predicted molar refractivity (Wildman–Crippen MR) is 127 cm³/mol. The Balaban J connectivity index is 1.61. The SMILES string of the molecule is O=C(CC(CCCCn1ccc(=O)[nH]c1=O)NS(=O)(=O)c1ccc(Oc2ccccc2)cc1)NO. The Kier molecular flexibility index (Phi) is 8.95. The van der Waals surface area contributed by atoms with E-state index in [0.29, 0.717) is 30.9 Å². The van der Waals surface area contributed by atoms with E-state index in [2.05, 4.69) is 9.71 Å². The first-order valence-corrected chi connectivity index (χ1v) is 12.3. The van der Waals surface area contributed by atoms with Gasteiger partial charge in [0.1, 0.15) is 11.5 Å². The van der Waals surface area contributed by atoms with Crippen LogP contribution in [-0.4, -0.2) is 35.1 Å². The molecule has 0 saturated heterocycles. The second-order valence-corrected chi connectivity index (χ2v) is 9.46. The van der Waals surface area contributed by atoms with Crippen LogP contribution in [0.15, 0.2) is 81.3 Å². The summed E-state index contributed by atoms with van der Waals surface area (Å²) >= 11 is 0. The summed E-state index contributed by atoms with van der Waals surface area (Å²) in [5.74, 6) is 0.338. The topological polar surface area (TPSA) is 160 Å². The van der Waals surface area contributed by atoms with Gasteiger partial charge in [-0.3, -0.25) is 19.8 Å². The number of aryl methyl sites for hydroxylation is 1. The largest absolute Gasteiger partial charge is 0.457 e. The molecule has 1 amide bonds. The number of hydroxylamine groups is 1. The van der Waals surface area contributed by atoms with Gasteiger partial charge in [0.15, 0.2) is 0 Å². The first kappa shape index (κ1) is 25.9. The number of amides is 1. The molecule has 1 unspecified atom stereocenters. The number of hydrogen-bond acceptors (Lipinski definition) is 7. The Bertz CT molecular complexity index is 1340. The van der Waals surface area contributed by atoms with E-state index in [1.807, 2.05) is 18.2 Å². The van der Waals surface area contributed by atoms with E-state index in [4.69, 9.17) is 9.94 Å². The van der Waals surface area contributed by atoms with Crippen LogP contribution in [0.4, 0.5) is 0 Å². The third kappa shape index (κ3) is 7.91. The van der Waals surface area contributed by atoms with Crippen LogP contribution in [0.1, 0.15) is 25.7 Å². The molecule has 0 radical (unpaired) electrons. The number of aromatic amines is 1. The monoisotopic (exact) mass is 502 g/mol. The van der Waals surface area contributed by atoms with E-state index >= 15 is 0 Å². The van der Waals surface area contributed by atoms with Crippen LogP contribution < -0.4 is 26.2 Å². The first-order valence-electron chi connectivity index (χ1n) is 10.8. The molecule has 2 aromatic carbocycles. The molecule has 1 atom stereocenters. The molecule has 4 N–H and O–H groups in total. The van der Waals surface area contributed by atoms with Crippen molar-refractivity contribution in [3.05, 3.63) is 87.7 Å². The summed E-state index contributed by atoms with van der Waals surface area (Å²) < 4.78 is 35.3. The summed E-state index contributed by atoms with van der Waals surface area (Å²) in [5.41, 5.74) is 0.488. The average Bonchev–Trinajstić information content (AvgIpc) is 2.83. The summed E-state index contributed by atoms with van der Waals surface area (Å²) in [6.45, 7) is 0.310. The second-order valence-electron chi connectivity index (χ2n) is 7.74. The van der Waals surface area contributed by atoms with E-state index in [1.54, 1.807) is 12.1 Å². The molecule has 0 bridgehead atoms. The minimum atomic E-state index is -3.97. The maximum absolute atomic E-state index is 12.9. The zero-order valence-corrected chi connectivity index (χ0v) is 19.5. The number of sulfonamides is 1. The Morgan fingerprint density at radius 2 is 1.69 bits per heavy atom. The highest BCUT2D eigenvalue weighted by Crippen LogP contribution is 2.23. The number of nitrogens with one attached hydrogen (secondary N) is 3. The predicted octanol–water partition coefficient (Wildman–Crippen LogP) is 1.74.